The van der Waals surface area contributed by atoms with Crippen molar-refractivity contribution in [3.63, 3.8) is 0 Å². The van der Waals surface area contributed by atoms with Gasteiger partial charge in [-0.3, -0.25) is 13.9 Å². The number of ether oxygens (including phenoxy) is 2. The van der Waals surface area contributed by atoms with Crippen molar-refractivity contribution in [2.45, 2.75) is 129 Å². The van der Waals surface area contributed by atoms with Crippen LogP contribution in [0.3, 0.4) is 0 Å². The van der Waals surface area contributed by atoms with Crippen LogP contribution in [0.25, 0.3) is 6.08 Å². The molecule has 0 aliphatic carbocycles. The molecule has 0 N–H and O–H groups in total. The van der Waals surface area contributed by atoms with E-state index >= 15 is 0 Å². The molecule has 3 heterocycles. The van der Waals surface area contributed by atoms with Crippen LogP contribution in [0.1, 0.15) is 94.4 Å². The first-order chi connectivity index (χ1) is 18.8. The Balaban J connectivity index is 2.02. The Kier molecular flexibility index (Phi) is 10.2. The van der Waals surface area contributed by atoms with E-state index in [-0.39, 0.29) is 33.8 Å². The molecule has 0 aromatic carbocycles. The topological polar surface area (TPSA) is 107 Å². The molecule has 2 aliphatic rings. The summed E-state index contributed by atoms with van der Waals surface area (Å²) in [7, 11) is -4.15. The molecular weight excluding hydrogens is 560 g/mol. The molecule has 0 unspecified atom stereocenters. The van der Waals surface area contributed by atoms with Gasteiger partial charge in [0.25, 0.3) is 5.56 Å². The lowest BCUT2D eigenvalue weighted by atomic mass is 10.2. The summed E-state index contributed by atoms with van der Waals surface area (Å²) in [4.78, 5) is 38.4. The van der Waals surface area contributed by atoms with Gasteiger partial charge in [-0.15, -0.1) is 0 Å². The largest absolute Gasteiger partial charge is 0.457 e. The van der Waals surface area contributed by atoms with Gasteiger partial charge in [-0.05, 0) is 49.0 Å². The van der Waals surface area contributed by atoms with E-state index in [0.29, 0.717) is 13.0 Å². The summed E-state index contributed by atoms with van der Waals surface area (Å²) in [6.07, 6.45) is 3.00. The van der Waals surface area contributed by atoms with Crippen molar-refractivity contribution in [1.82, 2.24) is 9.13 Å². The normalized spacial score (nSPS) is 24.7. The number of nitrogens with zero attached hydrogens (tertiary/aromatic N) is 2. The third-order valence-corrected chi connectivity index (χ3v) is 18.3. The number of hydrogen-bond donors (Lipinski definition) is 0. The number of esters is 1. The average Bonchev–Trinajstić information content (AvgIpc) is 3.22. The van der Waals surface area contributed by atoms with E-state index in [1.54, 1.807) is 20.8 Å². The maximum Gasteiger partial charge on any atom is 0.335 e. The van der Waals surface area contributed by atoms with Gasteiger partial charge in [0.15, 0.2) is 0 Å². The van der Waals surface area contributed by atoms with Gasteiger partial charge >= 0.3 is 28.8 Å². The van der Waals surface area contributed by atoms with E-state index in [9.17, 15) is 14.4 Å². The van der Waals surface area contributed by atoms with Crippen molar-refractivity contribution in [3.8, 4) is 0 Å². The minimum atomic E-state index is -2.84. The molecule has 2 aliphatic heterocycles. The number of carbonyl (C=O) groups excluding carboxylic acids is 1. The monoisotopic (exact) mass is 610 g/mol. The quantitative estimate of drug-likeness (QED) is 0.237. The average molecular weight is 611 g/mol. The fraction of sp³-hybridized carbons (Fsp3) is 0.759. The molecule has 2 saturated heterocycles. The molecule has 0 radical (unpaired) electrons. The highest BCUT2D eigenvalue weighted by Crippen LogP contribution is 2.48. The molecule has 0 spiro atoms. The minimum absolute atomic E-state index is 0.165. The molecule has 3 rings (SSSR count). The van der Waals surface area contributed by atoms with Crippen LogP contribution >= 0.6 is 0 Å². The lowest BCUT2D eigenvalue weighted by Gasteiger charge is -2.51. The first-order valence-electron chi connectivity index (χ1n) is 14.7. The highest BCUT2D eigenvalue weighted by molar-refractivity contribution is 6.83. The summed E-state index contributed by atoms with van der Waals surface area (Å²) >= 11 is 0. The molecule has 0 bridgehead atoms. The van der Waals surface area contributed by atoms with E-state index in [2.05, 4.69) is 55.4 Å². The summed E-state index contributed by atoms with van der Waals surface area (Å²) in [6, 6.07) is 0. The second kappa shape index (κ2) is 12.4. The van der Waals surface area contributed by atoms with E-state index in [1.165, 1.54) is 30.0 Å². The first-order valence-corrected chi connectivity index (χ1v) is 18.7. The van der Waals surface area contributed by atoms with Crippen molar-refractivity contribution in [2.24, 2.45) is 7.05 Å². The van der Waals surface area contributed by atoms with Gasteiger partial charge in [0.2, 0.25) is 0 Å². The van der Waals surface area contributed by atoms with Crippen LogP contribution in [0.5, 0.6) is 0 Å². The zero-order chi connectivity index (χ0) is 31.1. The molecule has 0 saturated carbocycles. The predicted octanol–water partition coefficient (Wildman–Crippen LogP) is 5.15. The van der Waals surface area contributed by atoms with Gasteiger partial charge in [0, 0.05) is 25.7 Å². The molecule has 41 heavy (non-hydrogen) atoms. The van der Waals surface area contributed by atoms with Gasteiger partial charge in [-0.2, -0.15) is 0 Å². The summed E-state index contributed by atoms with van der Waals surface area (Å²) in [5.74, 6) is -0.579. The predicted molar refractivity (Wildman–Crippen MR) is 163 cm³/mol. The van der Waals surface area contributed by atoms with E-state index < -0.39 is 52.3 Å². The Morgan fingerprint density at radius 3 is 2.05 bits per heavy atom. The fourth-order valence-corrected chi connectivity index (χ4v) is 17.1. The van der Waals surface area contributed by atoms with Crippen LogP contribution in [-0.4, -0.2) is 56.6 Å². The van der Waals surface area contributed by atoms with E-state index in [1.807, 2.05) is 0 Å². The van der Waals surface area contributed by atoms with Crippen molar-refractivity contribution in [2.75, 3.05) is 6.61 Å². The third-order valence-electron chi connectivity index (χ3n) is 7.98. The molecule has 3 atom stereocenters. The number of aromatic nitrogens is 2. The molecule has 10 nitrogen and oxygen atoms in total. The Morgan fingerprint density at radius 1 is 0.976 bits per heavy atom. The molecular formula is C29H50N2O8Si2. The van der Waals surface area contributed by atoms with Crippen LogP contribution in [-0.2, 0) is 34.3 Å². The van der Waals surface area contributed by atoms with Crippen LogP contribution < -0.4 is 11.2 Å². The number of fused-ring (bicyclic) bond motifs is 1. The Hall–Kier alpha value is -1.84. The summed E-state index contributed by atoms with van der Waals surface area (Å²) < 4.78 is 35.3. The van der Waals surface area contributed by atoms with Gasteiger partial charge in [-0.1, -0.05) is 55.4 Å². The molecule has 0 amide bonds. The zero-order valence-electron chi connectivity index (χ0n) is 26.8. The van der Waals surface area contributed by atoms with Crippen LogP contribution in [0.4, 0.5) is 0 Å². The second-order valence-electron chi connectivity index (χ2n) is 13.5. The summed E-state index contributed by atoms with van der Waals surface area (Å²) in [6.45, 7) is 22.9. The van der Waals surface area contributed by atoms with Crippen LogP contribution in [0.15, 0.2) is 21.9 Å². The molecule has 12 heteroatoms. The Bertz CT molecular complexity index is 1230. The number of hydrogen-bond acceptors (Lipinski definition) is 8. The highest BCUT2D eigenvalue weighted by Gasteiger charge is 2.60. The van der Waals surface area contributed by atoms with Crippen LogP contribution in [0.2, 0.25) is 22.2 Å². The second-order valence-corrected chi connectivity index (χ2v) is 22.3. The highest BCUT2D eigenvalue weighted by atomic mass is 28.5. The fourth-order valence-electron chi connectivity index (χ4n) is 5.84. The standard InChI is InChI=1S/C29H50N2O8Si2/c1-18(2)40(19(3)4)35-17-24-23(38-41(39-40,20(5)6)21(7)8)15-25(36-24)31-16-22(27(33)30(12)28(31)34)13-14-26(32)37-29(9,10)11/h13-14,16,18-21,23-25H,15,17H2,1-12H3/b14-13+/t23-,24-,25-/m1/s1. The number of carbonyl (C=O) groups is 1. The van der Waals surface area contributed by atoms with E-state index in [0.717, 1.165) is 4.57 Å². The third kappa shape index (κ3) is 6.88. The summed E-state index contributed by atoms with van der Waals surface area (Å²) in [5, 5.41) is 0. The molecule has 1 aromatic rings. The lowest BCUT2D eigenvalue weighted by molar-refractivity contribution is -0.148. The van der Waals surface area contributed by atoms with Crippen molar-refractivity contribution < 1.29 is 27.2 Å². The Labute approximate surface area is 246 Å². The maximum atomic E-state index is 13.3. The Morgan fingerprint density at radius 2 is 1.54 bits per heavy atom. The van der Waals surface area contributed by atoms with Gasteiger partial charge < -0.3 is 22.4 Å². The van der Waals surface area contributed by atoms with Crippen molar-refractivity contribution >= 4 is 29.2 Å². The van der Waals surface area contributed by atoms with E-state index in [4.69, 9.17) is 22.4 Å². The zero-order valence-corrected chi connectivity index (χ0v) is 28.8. The maximum absolute atomic E-state index is 13.3. The van der Waals surface area contributed by atoms with Gasteiger partial charge in [0.1, 0.15) is 17.9 Å². The smallest absolute Gasteiger partial charge is 0.335 e. The van der Waals surface area contributed by atoms with Gasteiger partial charge in [0.05, 0.1) is 18.3 Å². The first kappa shape index (κ1) is 33.7. The molecule has 2 fully saturated rings. The minimum Gasteiger partial charge on any atom is -0.457 e. The number of rotatable bonds is 7. The summed E-state index contributed by atoms with van der Waals surface area (Å²) in [5.41, 5.74) is -0.784. The molecule has 1 aromatic heterocycles. The SMILES string of the molecule is CC(C)[Si]1(C(C)C)OC[C@H]2O[C@@H](n3cc(/C=C/C(=O)OC(C)(C)C)c(=O)n(C)c3=O)C[C@H]2O[Si](C(C)C)(C(C)C)O1. The lowest BCUT2D eigenvalue weighted by Crippen LogP contribution is -2.65. The molecule has 232 valence electrons. The van der Waals surface area contributed by atoms with Crippen molar-refractivity contribution in [3.05, 3.63) is 38.7 Å². The van der Waals surface area contributed by atoms with Crippen LogP contribution in [0, 0.1) is 0 Å². The van der Waals surface area contributed by atoms with Gasteiger partial charge in [-0.25, -0.2) is 9.59 Å². The van der Waals surface area contributed by atoms with Crippen molar-refractivity contribution in [1.29, 1.82) is 0 Å².